The highest BCUT2D eigenvalue weighted by molar-refractivity contribution is 6.31. The second-order valence-corrected chi connectivity index (χ2v) is 4.44. The average molecular weight is 245 g/mol. The maximum atomic E-state index is 13.4. The number of rotatable bonds is 4. The quantitative estimate of drug-likeness (QED) is 0.884. The highest BCUT2D eigenvalue weighted by Crippen LogP contribution is 2.20. The first-order chi connectivity index (χ1) is 7.43. The molecule has 1 unspecified atom stereocenters. The topological polar surface area (TPSA) is 37.3 Å². The smallest absolute Gasteiger partial charge is 0.166 e. The van der Waals surface area contributed by atoms with Crippen molar-refractivity contribution in [2.45, 2.75) is 26.4 Å². The Kier molecular flexibility index (Phi) is 4.44. The van der Waals surface area contributed by atoms with Gasteiger partial charge in [0.15, 0.2) is 5.78 Å². The lowest BCUT2D eigenvalue weighted by atomic mass is 9.98. The van der Waals surface area contributed by atoms with Gasteiger partial charge in [-0.15, -0.1) is 0 Å². The van der Waals surface area contributed by atoms with Crippen molar-refractivity contribution >= 4 is 17.4 Å². The van der Waals surface area contributed by atoms with Gasteiger partial charge < -0.3 is 5.11 Å². The molecule has 0 bridgehead atoms. The molecule has 1 atom stereocenters. The van der Waals surface area contributed by atoms with Gasteiger partial charge in [-0.05, 0) is 18.1 Å². The lowest BCUT2D eigenvalue weighted by molar-refractivity contribution is -0.128. The number of ketones is 1. The summed E-state index contributed by atoms with van der Waals surface area (Å²) in [6, 6.07) is 4.25. The van der Waals surface area contributed by atoms with Crippen LogP contribution in [-0.4, -0.2) is 17.0 Å². The molecule has 1 rings (SSSR count). The van der Waals surface area contributed by atoms with E-state index in [0.717, 1.165) is 0 Å². The van der Waals surface area contributed by atoms with Crippen molar-refractivity contribution in [2.24, 2.45) is 5.92 Å². The minimum Gasteiger partial charge on any atom is -0.385 e. The summed E-state index contributed by atoms with van der Waals surface area (Å²) in [5, 5.41) is 9.74. The van der Waals surface area contributed by atoms with Crippen LogP contribution in [0.3, 0.4) is 0 Å². The van der Waals surface area contributed by atoms with Crippen LogP contribution < -0.4 is 0 Å². The molecule has 0 aliphatic heterocycles. The fourth-order valence-electron chi connectivity index (χ4n) is 1.35. The van der Waals surface area contributed by atoms with E-state index in [4.69, 9.17) is 11.6 Å². The molecule has 0 aromatic heterocycles. The maximum absolute atomic E-state index is 13.4. The number of carbonyl (C=O) groups excluding carboxylic acids is 1. The van der Waals surface area contributed by atoms with Crippen LogP contribution in [0.15, 0.2) is 18.2 Å². The number of halogens is 2. The number of aliphatic hydroxyl groups is 1. The summed E-state index contributed by atoms with van der Waals surface area (Å²) in [5.41, 5.74) is 0.147. The summed E-state index contributed by atoms with van der Waals surface area (Å²) < 4.78 is 13.4. The van der Waals surface area contributed by atoms with Gasteiger partial charge in [-0.3, -0.25) is 4.79 Å². The standard InChI is InChI=1S/C12H14ClFO2/c1-7(2)12(16)11(15)6-8-9(13)4-3-5-10(8)14/h3-5,7,12,16H,6H2,1-2H3. The molecule has 0 amide bonds. The molecule has 0 spiro atoms. The molecule has 0 aliphatic carbocycles. The Morgan fingerprint density at radius 1 is 1.50 bits per heavy atom. The van der Waals surface area contributed by atoms with Gasteiger partial charge in [-0.25, -0.2) is 4.39 Å². The number of aliphatic hydroxyl groups excluding tert-OH is 1. The van der Waals surface area contributed by atoms with Crippen LogP contribution in [0.4, 0.5) is 4.39 Å². The number of carbonyl (C=O) groups is 1. The van der Waals surface area contributed by atoms with Gasteiger partial charge in [0, 0.05) is 17.0 Å². The minimum absolute atomic E-state index is 0.147. The van der Waals surface area contributed by atoms with Crippen molar-refractivity contribution in [3.63, 3.8) is 0 Å². The third-order valence-corrected chi connectivity index (χ3v) is 2.73. The summed E-state index contributed by atoms with van der Waals surface area (Å²) in [7, 11) is 0. The Morgan fingerprint density at radius 3 is 2.62 bits per heavy atom. The van der Waals surface area contributed by atoms with E-state index in [1.807, 2.05) is 0 Å². The molecule has 16 heavy (non-hydrogen) atoms. The Hall–Kier alpha value is -0.930. The third-order valence-electron chi connectivity index (χ3n) is 2.37. The minimum atomic E-state index is -1.07. The number of hydrogen-bond acceptors (Lipinski definition) is 2. The van der Waals surface area contributed by atoms with Crippen LogP contribution in [0.2, 0.25) is 5.02 Å². The second kappa shape index (κ2) is 5.41. The second-order valence-electron chi connectivity index (χ2n) is 4.03. The van der Waals surface area contributed by atoms with Gasteiger partial charge >= 0.3 is 0 Å². The van der Waals surface area contributed by atoms with E-state index in [1.165, 1.54) is 18.2 Å². The van der Waals surface area contributed by atoms with Gasteiger partial charge in [0.05, 0.1) is 0 Å². The van der Waals surface area contributed by atoms with Crippen molar-refractivity contribution in [3.8, 4) is 0 Å². The lowest BCUT2D eigenvalue weighted by Crippen LogP contribution is -2.27. The predicted octanol–water partition coefficient (Wildman–Crippen LogP) is 2.61. The average Bonchev–Trinajstić information content (AvgIpc) is 2.22. The fourth-order valence-corrected chi connectivity index (χ4v) is 1.58. The SMILES string of the molecule is CC(C)C(O)C(=O)Cc1c(F)cccc1Cl. The molecule has 88 valence electrons. The normalized spacial score (nSPS) is 12.9. The van der Waals surface area contributed by atoms with Crippen LogP contribution in [0, 0.1) is 11.7 Å². The van der Waals surface area contributed by atoms with Crippen LogP contribution in [0.1, 0.15) is 19.4 Å². The van der Waals surface area contributed by atoms with E-state index in [1.54, 1.807) is 13.8 Å². The van der Waals surface area contributed by atoms with Crippen LogP contribution in [0.5, 0.6) is 0 Å². The van der Waals surface area contributed by atoms with E-state index in [0.29, 0.717) is 0 Å². The summed E-state index contributed by atoms with van der Waals surface area (Å²) >= 11 is 5.78. The molecular weight excluding hydrogens is 231 g/mol. The lowest BCUT2D eigenvalue weighted by Gasteiger charge is -2.13. The Bertz CT molecular complexity index is 370. The Balaban J connectivity index is 2.85. The summed E-state index contributed by atoms with van der Waals surface area (Å²) in [5.74, 6) is -1.11. The molecule has 0 aliphatic rings. The number of benzene rings is 1. The predicted molar refractivity (Wildman–Crippen MR) is 61.0 cm³/mol. The van der Waals surface area contributed by atoms with Gasteiger partial charge in [0.25, 0.3) is 0 Å². The van der Waals surface area contributed by atoms with Crippen molar-refractivity contribution in [1.82, 2.24) is 0 Å². The molecule has 4 heteroatoms. The van der Waals surface area contributed by atoms with Crippen molar-refractivity contribution in [2.75, 3.05) is 0 Å². The number of Topliss-reactive ketones (excluding diaryl/α,β-unsaturated/α-hetero) is 1. The monoisotopic (exact) mass is 244 g/mol. The first-order valence-corrected chi connectivity index (χ1v) is 5.45. The van der Waals surface area contributed by atoms with Crippen molar-refractivity contribution in [1.29, 1.82) is 0 Å². The number of hydrogen-bond donors (Lipinski definition) is 1. The molecule has 0 heterocycles. The van der Waals surface area contributed by atoms with Gasteiger partial charge in [-0.1, -0.05) is 31.5 Å². The van der Waals surface area contributed by atoms with Gasteiger partial charge in [0.2, 0.25) is 0 Å². The van der Waals surface area contributed by atoms with Gasteiger partial charge in [-0.2, -0.15) is 0 Å². The molecule has 1 N–H and O–H groups in total. The van der Waals surface area contributed by atoms with Crippen molar-refractivity contribution in [3.05, 3.63) is 34.6 Å². The molecule has 0 saturated carbocycles. The maximum Gasteiger partial charge on any atom is 0.166 e. The van der Waals surface area contributed by atoms with E-state index < -0.39 is 17.7 Å². The first kappa shape index (κ1) is 13.1. The molecular formula is C12H14ClFO2. The zero-order valence-corrected chi connectivity index (χ0v) is 9.96. The molecule has 1 aromatic carbocycles. The summed E-state index contributed by atoms with van der Waals surface area (Å²) in [6.07, 6.45) is -1.25. The van der Waals surface area contributed by atoms with Crippen LogP contribution >= 0.6 is 11.6 Å². The molecule has 0 saturated heterocycles. The molecule has 1 aromatic rings. The van der Waals surface area contributed by atoms with Crippen LogP contribution in [-0.2, 0) is 11.2 Å². The zero-order chi connectivity index (χ0) is 12.3. The molecule has 0 radical (unpaired) electrons. The highest BCUT2D eigenvalue weighted by Gasteiger charge is 2.21. The fraction of sp³-hybridized carbons (Fsp3) is 0.417. The molecule has 0 fully saturated rings. The van der Waals surface area contributed by atoms with Crippen LogP contribution in [0.25, 0.3) is 0 Å². The molecule has 2 nitrogen and oxygen atoms in total. The Labute approximate surface area is 99.0 Å². The zero-order valence-electron chi connectivity index (χ0n) is 9.21. The van der Waals surface area contributed by atoms with Crippen molar-refractivity contribution < 1.29 is 14.3 Å². The first-order valence-electron chi connectivity index (χ1n) is 5.07. The Morgan fingerprint density at radius 2 is 2.12 bits per heavy atom. The van der Waals surface area contributed by atoms with E-state index in [9.17, 15) is 14.3 Å². The highest BCUT2D eigenvalue weighted by atomic mass is 35.5. The van der Waals surface area contributed by atoms with Gasteiger partial charge in [0.1, 0.15) is 11.9 Å². The third kappa shape index (κ3) is 3.03. The van der Waals surface area contributed by atoms with E-state index in [2.05, 4.69) is 0 Å². The van der Waals surface area contributed by atoms with E-state index >= 15 is 0 Å². The van der Waals surface area contributed by atoms with E-state index in [-0.39, 0.29) is 22.9 Å². The largest absolute Gasteiger partial charge is 0.385 e. The summed E-state index contributed by atoms with van der Waals surface area (Å²) in [6.45, 7) is 3.46. The summed E-state index contributed by atoms with van der Waals surface area (Å²) in [4.78, 5) is 11.6.